The molecule has 2 aliphatic heterocycles. The van der Waals surface area contributed by atoms with Crippen molar-refractivity contribution in [3.05, 3.63) is 0 Å². The second kappa shape index (κ2) is 13.4. The van der Waals surface area contributed by atoms with Gasteiger partial charge in [-0.2, -0.15) is 0 Å². The molecule has 176 valence electrons. The first kappa shape index (κ1) is 26.1. The lowest BCUT2D eigenvalue weighted by Gasteiger charge is -2.48. The first-order chi connectivity index (χ1) is 14.2. The van der Waals surface area contributed by atoms with E-state index in [2.05, 4.69) is 44.2 Å². The Hall–Kier alpha value is -0.160. The fourth-order valence-corrected chi connectivity index (χ4v) is 5.22. The van der Waals surface area contributed by atoms with Gasteiger partial charge in [-0.1, -0.05) is 26.2 Å². The first-order valence-corrected chi connectivity index (χ1v) is 11.9. The van der Waals surface area contributed by atoms with Crippen molar-refractivity contribution < 1.29 is 4.74 Å². The summed E-state index contributed by atoms with van der Waals surface area (Å²) in [5, 5.41) is 7.27. The number of hydrogen-bond donors (Lipinski definition) is 2. The number of hydrogen-bond acceptors (Lipinski definition) is 5. The normalized spacial score (nSPS) is 25.4. The molecule has 2 saturated heterocycles. The minimum atomic E-state index is 0. The van der Waals surface area contributed by atoms with Crippen LogP contribution in [0.25, 0.3) is 0 Å². The van der Waals surface area contributed by atoms with E-state index in [0.29, 0.717) is 6.04 Å². The molecule has 0 amide bonds. The van der Waals surface area contributed by atoms with E-state index in [0.717, 1.165) is 45.4 Å². The zero-order valence-corrected chi connectivity index (χ0v) is 21.8. The molecule has 2 N–H and O–H groups in total. The van der Waals surface area contributed by atoms with Gasteiger partial charge in [-0.25, -0.2) is 0 Å². The topological polar surface area (TPSA) is 55.4 Å². The highest BCUT2D eigenvalue weighted by Crippen LogP contribution is 2.33. The molecular weight excluding hydrogens is 491 g/mol. The summed E-state index contributed by atoms with van der Waals surface area (Å²) in [7, 11) is 1.89. The van der Waals surface area contributed by atoms with E-state index in [4.69, 9.17) is 4.74 Å². The van der Waals surface area contributed by atoms with Crippen LogP contribution in [0.1, 0.15) is 46.0 Å². The number of nitrogens with one attached hydrogen (secondary N) is 2. The monoisotopic (exact) mass is 536 g/mol. The van der Waals surface area contributed by atoms with E-state index in [1.54, 1.807) is 0 Å². The molecule has 0 aromatic carbocycles. The summed E-state index contributed by atoms with van der Waals surface area (Å²) in [6.07, 6.45) is 6.63. The minimum Gasteiger partial charge on any atom is -0.379 e. The largest absolute Gasteiger partial charge is 0.379 e. The van der Waals surface area contributed by atoms with E-state index < -0.39 is 0 Å². The van der Waals surface area contributed by atoms with E-state index in [1.807, 2.05) is 7.05 Å². The zero-order valence-electron chi connectivity index (χ0n) is 19.5. The van der Waals surface area contributed by atoms with Crippen LogP contribution in [-0.4, -0.2) is 111 Å². The fraction of sp³-hybridized carbons (Fsp3) is 0.955. The molecule has 1 aliphatic carbocycles. The Morgan fingerprint density at radius 2 is 1.67 bits per heavy atom. The number of piperazine rings is 1. The third-order valence-corrected chi connectivity index (χ3v) is 7.32. The molecule has 3 rings (SSSR count). The smallest absolute Gasteiger partial charge is 0.191 e. The van der Waals surface area contributed by atoms with Crippen LogP contribution in [0.5, 0.6) is 0 Å². The van der Waals surface area contributed by atoms with Crippen molar-refractivity contribution >= 4 is 29.9 Å². The number of aliphatic imine (C=N–C) groups is 1. The summed E-state index contributed by atoms with van der Waals surface area (Å²) in [6, 6.07) is 0.524. The number of morpholine rings is 1. The Morgan fingerprint density at radius 1 is 1.00 bits per heavy atom. The summed E-state index contributed by atoms with van der Waals surface area (Å²) in [4.78, 5) is 12.3. The fourth-order valence-electron chi connectivity index (χ4n) is 5.22. The Bertz CT molecular complexity index is 500. The zero-order chi connectivity index (χ0) is 20.5. The van der Waals surface area contributed by atoms with Crippen molar-refractivity contribution in [2.45, 2.75) is 57.5 Å². The summed E-state index contributed by atoms with van der Waals surface area (Å²) in [5.41, 5.74) is 0.266. The molecule has 3 fully saturated rings. The van der Waals surface area contributed by atoms with Crippen LogP contribution in [0.4, 0.5) is 0 Å². The predicted molar refractivity (Wildman–Crippen MR) is 136 cm³/mol. The second-order valence-electron chi connectivity index (χ2n) is 9.01. The first-order valence-electron chi connectivity index (χ1n) is 11.9. The average molecular weight is 537 g/mol. The molecule has 1 unspecified atom stereocenters. The molecule has 30 heavy (non-hydrogen) atoms. The van der Waals surface area contributed by atoms with E-state index >= 15 is 0 Å². The Kier molecular flexibility index (Phi) is 11.7. The number of likely N-dealkylation sites (N-methyl/N-ethyl adjacent to an activating group) is 1. The van der Waals surface area contributed by atoms with Gasteiger partial charge in [0.2, 0.25) is 0 Å². The molecule has 0 spiro atoms. The van der Waals surface area contributed by atoms with Crippen LogP contribution in [0, 0.1) is 0 Å². The van der Waals surface area contributed by atoms with Crippen molar-refractivity contribution in [2.75, 3.05) is 79.2 Å². The van der Waals surface area contributed by atoms with Gasteiger partial charge in [-0.05, 0) is 26.3 Å². The van der Waals surface area contributed by atoms with Gasteiger partial charge in [0.1, 0.15) is 0 Å². The van der Waals surface area contributed by atoms with Gasteiger partial charge in [0.05, 0.1) is 13.2 Å². The van der Waals surface area contributed by atoms with Crippen LogP contribution >= 0.6 is 24.0 Å². The Labute approximate surface area is 201 Å². The maximum absolute atomic E-state index is 5.61. The lowest BCUT2D eigenvalue weighted by Crippen LogP contribution is -2.61. The summed E-state index contributed by atoms with van der Waals surface area (Å²) in [6.45, 7) is 16.3. The summed E-state index contributed by atoms with van der Waals surface area (Å²) < 4.78 is 5.61. The van der Waals surface area contributed by atoms with Crippen LogP contribution in [0.15, 0.2) is 4.99 Å². The quantitative estimate of drug-likeness (QED) is 0.294. The van der Waals surface area contributed by atoms with Crippen molar-refractivity contribution in [2.24, 2.45) is 4.99 Å². The molecule has 0 bridgehead atoms. The van der Waals surface area contributed by atoms with Gasteiger partial charge in [-0.15, -0.1) is 24.0 Å². The summed E-state index contributed by atoms with van der Waals surface area (Å²) in [5.74, 6) is 0.947. The molecule has 0 aromatic heterocycles. The van der Waals surface area contributed by atoms with E-state index in [9.17, 15) is 0 Å². The third-order valence-electron chi connectivity index (χ3n) is 7.32. The van der Waals surface area contributed by atoms with Gasteiger partial charge in [0.25, 0.3) is 0 Å². The van der Waals surface area contributed by atoms with Crippen LogP contribution in [0.3, 0.4) is 0 Å². The molecule has 7 nitrogen and oxygen atoms in total. The number of nitrogens with zero attached hydrogens (tertiary/aromatic N) is 4. The lowest BCUT2D eigenvalue weighted by molar-refractivity contribution is -0.0352. The van der Waals surface area contributed by atoms with Crippen molar-refractivity contribution in [1.82, 2.24) is 25.3 Å². The maximum atomic E-state index is 5.61. The van der Waals surface area contributed by atoms with Gasteiger partial charge in [0, 0.05) is 71.0 Å². The molecule has 8 heteroatoms. The number of guanidine groups is 1. The van der Waals surface area contributed by atoms with E-state index in [1.165, 1.54) is 64.8 Å². The van der Waals surface area contributed by atoms with Gasteiger partial charge in [-0.3, -0.25) is 14.8 Å². The van der Waals surface area contributed by atoms with E-state index in [-0.39, 0.29) is 29.5 Å². The minimum absolute atomic E-state index is 0. The second-order valence-corrected chi connectivity index (χ2v) is 9.01. The maximum Gasteiger partial charge on any atom is 0.191 e. The Balaban J connectivity index is 0.00000320. The van der Waals surface area contributed by atoms with Crippen LogP contribution in [0.2, 0.25) is 0 Å². The molecule has 3 aliphatic rings. The lowest BCUT2D eigenvalue weighted by atomic mass is 9.80. The highest BCUT2D eigenvalue weighted by atomic mass is 127. The Morgan fingerprint density at radius 3 is 2.27 bits per heavy atom. The van der Waals surface area contributed by atoms with Gasteiger partial charge >= 0.3 is 0 Å². The summed E-state index contributed by atoms with van der Waals surface area (Å²) >= 11 is 0. The predicted octanol–water partition coefficient (Wildman–Crippen LogP) is 1.83. The third kappa shape index (κ3) is 7.18. The molecular formula is C22H45IN6O. The van der Waals surface area contributed by atoms with Crippen LogP contribution in [-0.2, 0) is 4.74 Å². The molecule has 2 heterocycles. The number of rotatable bonds is 7. The average Bonchev–Trinajstić information content (AvgIpc) is 2.80. The van der Waals surface area contributed by atoms with Crippen molar-refractivity contribution in [1.29, 1.82) is 0 Å². The highest BCUT2D eigenvalue weighted by molar-refractivity contribution is 14.0. The highest BCUT2D eigenvalue weighted by Gasteiger charge is 2.38. The number of ether oxygens (including phenoxy) is 1. The molecule has 1 saturated carbocycles. The van der Waals surface area contributed by atoms with Crippen LogP contribution < -0.4 is 10.6 Å². The molecule has 0 aromatic rings. The molecule has 1 atom stereocenters. The standard InChI is InChI=1S/C22H44N6O.HI/c1-4-26-10-12-27(13-11-26)20(2)18-24-21(23-3)25-19-22(8-6-5-7-9-22)28-14-16-29-17-15-28;/h20H,4-19H2,1-3H3,(H2,23,24,25);1H. The van der Waals surface area contributed by atoms with Crippen molar-refractivity contribution in [3.8, 4) is 0 Å². The number of halogens is 1. The van der Waals surface area contributed by atoms with Crippen molar-refractivity contribution in [3.63, 3.8) is 0 Å². The van der Waals surface area contributed by atoms with Gasteiger partial charge in [0.15, 0.2) is 5.96 Å². The molecule has 0 radical (unpaired) electrons. The van der Waals surface area contributed by atoms with Gasteiger partial charge < -0.3 is 20.3 Å². The SMILES string of the molecule is CCN1CCN(C(C)CNC(=NC)NCC2(N3CCOCC3)CCCCC2)CC1.I.